The Labute approximate surface area is 266 Å². The maximum Gasteiger partial charge on any atom is 0.0468 e. The van der Waals surface area contributed by atoms with Crippen molar-refractivity contribution in [3.05, 3.63) is 151 Å². The van der Waals surface area contributed by atoms with Crippen LogP contribution in [0, 0.1) is 0 Å². The Morgan fingerprint density at radius 2 is 0.911 bits per heavy atom. The van der Waals surface area contributed by atoms with Crippen molar-refractivity contribution in [2.24, 2.45) is 0 Å². The number of benzene rings is 7. The average Bonchev–Trinajstić information content (AvgIpc) is 3.07. The Morgan fingerprint density at radius 3 is 1.56 bits per heavy atom. The maximum atomic E-state index is 2.40. The van der Waals surface area contributed by atoms with E-state index in [2.05, 4.69) is 172 Å². The van der Waals surface area contributed by atoms with Gasteiger partial charge < -0.3 is 4.90 Å². The molecule has 0 aliphatic heterocycles. The molecule has 8 rings (SSSR count). The molecule has 7 aromatic carbocycles. The average molecular weight is 580 g/mol. The van der Waals surface area contributed by atoms with Crippen molar-refractivity contribution in [3.8, 4) is 33.4 Å². The van der Waals surface area contributed by atoms with E-state index < -0.39 is 0 Å². The van der Waals surface area contributed by atoms with Gasteiger partial charge in [0.25, 0.3) is 0 Å². The van der Waals surface area contributed by atoms with E-state index >= 15 is 0 Å². The molecule has 0 atom stereocenters. The zero-order chi connectivity index (χ0) is 30.7. The van der Waals surface area contributed by atoms with Crippen LogP contribution < -0.4 is 4.90 Å². The molecule has 218 valence electrons. The van der Waals surface area contributed by atoms with E-state index in [9.17, 15) is 0 Å². The highest BCUT2D eigenvalue weighted by Crippen LogP contribution is 2.51. The van der Waals surface area contributed by atoms with E-state index in [1.165, 1.54) is 83.1 Å². The quantitative estimate of drug-likeness (QED) is 0.189. The number of anilines is 3. The highest BCUT2D eigenvalue weighted by atomic mass is 15.1. The van der Waals surface area contributed by atoms with Gasteiger partial charge >= 0.3 is 0 Å². The van der Waals surface area contributed by atoms with Gasteiger partial charge in [0.2, 0.25) is 0 Å². The minimum absolute atomic E-state index is 0.464. The van der Waals surface area contributed by atoms with Gasteiger partial charge in [-0.15, -0.1) is 0 Å². The van der Waals surface area contributed by atoms with E-state index in [4.69, 9.17) is 0 Å². The number of hydrogen-bond acceptors (Lipinski definition) is 1. The van der Waals surface area contributed by atoms with E-state index in [1.807, 2.05) is 0 Å². The molecule has 1 aliphatic carbocycles. The summed E-state index contributed by atoms with van der Waals surface area (Å²) in [5.41, 5.74) is 14.2. The fourth-order valence-corrected chi connectivity index (χ4v) is 6.84. The second kappa shape index (κ2) is 10.8. The monoisotopic (exact) mass is 579 g/mol. The molecule has 0 radical (unpaired) electrons. The molecule has 7 aromatic rings. The zero-order valence-corrected chi connectivity index (χ0v) is 26.4. The molecule has 0 saturated heterocycles. The van der Waals surface area contributed by atoms with Crippen LogP contribution in [0.4, 0.5) is 17.1 Å². The van der Waals surface area contributed by atoms with Crippen LogP contribution in [0.1, 0.15) is 50.7 Å². The molecule has 1 heteroatoms. The normalized spacial score (nSPS) is 12.0. The summed E-state index contributed by atoms with van der Waals surface area (Å²) in [5, 5.41) is 5.11. The predicted molar refractivity (Wildman–Crippen MR) is 194 cm³/mol. The lowest BCUT2D eigenvalue weighted by Crippen LogP contribution is -2.10. The molecule has 0 fully saturated rings. The van der Waals surface area contributed by atoms with E-state index in [0.29, 0.717) is 11.8 Å². The number of fused-ring (bicyclic) bond motifs is 6. The van der Waals surface area contributed by atoms with Crippen molar-refractivity contribution in [1.29, 1.82) is 0 Å². The lowest BCUT2D eigenvalue weighted by atomic mass is 9.77. The SMILES string of the molecule is CC(C)c1ccc(N(c2cccc(C(C)C)c2)c2ccc3cc4c(cc3c2)-c2cc3ccc(-c5ccccc5)cc3cc2-4)cc1. The number of rotatable bonds is 6. The van der Waals surface area contributed by atoms with Crippen LogP contribution >= 0.6 is 0 Å². The van der Waals surface area contributed by atoms with Crippen LogP contribution in [-0.4, -0.2) is 0 Å². The van der Waals surface area contributed by atoms with Gasteiger partial charge in [0, 0.05) is 17.1 Å². The van der Waals surface area contributed by atoms with Crippen molar-refractivity contribution < 1.29 is 0 Å². The Hall–Kier alpha value is -5.14. The maximum absolute atomic E-state index is 2.40. The topological polar surface area (TPSA) is 3.24 Å². The second-order valence-electron chi connectivity index (χ2n) is 13.1. The molecule has 0 bridgehead atoms. The Bertz CT molecular complexity index is 2200. The van der Waals surface area contributed by atoms with Crippen molar-refractivity contribution in [1.82, 2.24) is 0 Å². The number of nitrogens with zero attached hydrogens (tertiary/aromatic N) is 1. The zero-order valence-electron chi connectivity index (χ0n) is 26.4. The first-order valence-electron chi connectivity index (χ1n) is 16.1. The first-order valence-corrected chi connectivity index (χ1v) is 16.1. The van der Waals surface area contributed by atoms with Gasteiger partial charge in [-0.05, 0) is 145 Å². The van der Waals surface area contributed by atoms with E-state index in [-0.39, 0.29) is 0 Å². The molecule has 0 amide bonds. The molecular formula is C44H37N. The summed E-state index contributed by atoms with van der Waals surface area (Å²) in [7, 11) is 0. The summed E-state index contributed by atoms with van der Waals surface area (Å²) in [6.45, 7) is 9.03. The molecule has 0 spiro atoms. The van der Waals surface area contributed by atoms with Gasteiger partial charge in [0.15, 0.2) is 0 Å². The first kappa shape index (κ1) is 27.4. The lowest BCUT2D eigenvalue weighted by molar-refractivity contribution is 0.865. The molecule has 0 unspecified atom stereocenters. The molecule has 0 N–H and O–H groups in total. The molecule has 45 heavy (non-hydrogen) atoms. The summed E-state index contributed by atoms with van der Waals surface area (Å²) >= 11 is 0. The third-order valence-corrected chi connectivity index (χ3v) is 9.50. The van der Waals surface area contributed by atoms with Gasteiger partial charge in [0.1, 0.15) is 0 Å². The third kappa shape index (κ3) is 4.80. The first-order chi connectivity index (χ1) is 21.9. The lowest BCUT2D eigenvalue weighted by Gasteiger charge is -2.28. The van der Waals surface area contributed by atoms with Gasteiger partial charge in [0.05, 0.1) is 0 Å². The predicted octanol–water partition coefficient (Wildman–Crippen LogP) is 13.0. The molecule has 1 aliphatic rings. The molecule has 0 heterocycles. The fraction of sp³-hybridized carbons (Fsp3) is 0.136. The van der Waals surface area contributed by atoms with Gasteiger partial charge in [-0.3, -0.25) is 0 Å². The summed E-state index contributed by atoms with van der Waals surface area (Å²) in [5.74, 6) is 0.966. The molecule has 1 nitrogen and oxygen atoms in total. The summed E-state index contributed by atoms with van der Waals surface area (Å²) in [6.07, 6.45) is 0. The number of hydrogen-bond donors (Lipinski definition) is 0. The minimum atomic E-state index is 0.464. The fourth-order valence-electron chi connectivity index (χ4n) is 6.84. The highest BCUT2D eigenvalue weighted by molar-refractivity contribution is 6.12. The van der Waals surface area contributed by atoms with Crippen molar-refractivity contribution in [3.63, 3.8) is 0 Å². The third-order valence-electron chi connectivity index (χ3n) is 9.50. The van der Waals surface area contributed by atoms with Gasteiger partial charge in [-0.25, -0.2) is 0 Å². The van der Waals surface area contributed by atoms with Crippen molar-refractivity contribution >= 4 is 38.6 Å². The van der Waals surface area contributed by atoms with E-state index in [1.54, 1.807) is 0 Å². The Morgan fingerprint density at radius 1 is 0.356 bits per heavy atom. The Kier molecular flexibility index (Phi) is 6.57. The van der Waals surface area contributed by atoms with Gasteiger partial charge in [-0.2, -0.15) is 0 Å². The highest BCUT2D eigenvalue weighted by Gasteiger charge is 2.24. The second-order valence-corrected chi connectivity index (χ2v) is 13.1. The smallest absolute Gasteiger partial charge is 0.0468 e. The van der Waals surface area contributed by atoms with Crippen LogP contribution in [0.2, 0.25) is 0 Å². The molecule has 0 saturated carbocycles. The summed E-state index contributed by atoms with van der Waals surface area (Å²) in [4.78, 5) is 2.40. The minimum Gasteiger partial charge on any atom is -0.310 e. The van der Waals surface area contributed by atoms with Crippen LogP contribution in [-0.2, 0) is 0 Å². The van der Waals surface area contributed by atoms with E-state index in [0.717, 1.165) is 0 Å². The van der Waals surface area contributed by atoms with Crippen molar-refractivity contribution in [2.75, 3.05) is 4.90 Å². The van der Waals surface area contributed by atoms with Crippen LogP contribution in [0.25, 0.3) is 54.9 Å². The standard InChI is InChI=1S/C44H37N/c1-28(2)30-15-18-38(19-16-30)45(39-12-8-11-32(22-39)29(3)4)40-20-17-35-25-42-43-26-36-21-33(31-9-6-5-7-10-31)13-14-34(36)24-41(43)44(42)27-37(35)23-40/h5-29H,1-4H3. The van der Waals surface area contributed by atoms with Crippen LogP contribution in [0.5, 0.6) is 0 Å². The molecule has 0 aromatic heterocycles. The van der Waals surface area contributed by atoms with Crippen molar-refractivity contribution in [2.45, 2.75) is 39.5 Å². The Balaban J connectivity index is 1.21. The van der Waals surface area contributed by atoms with Gasteiger partial charge in [-0.1, -0.05) is 100 Å². The summed E-state index contributed by atoms with van der Waals surface area (Å²) in [6, 6.07) is 52.0. The van der Waals surface area contributed by atoms with Crippen LogP contribution in [0.3, 0.4) is 0 Å². The molecular weight excluding hydrogens is 542 g/mol. The largest absolute Gasteiger partial charge is 0.310 e. The van der Waals surface area contributed by atoms with Crippen LogP contribution in [0.15, 0.2) is 140 Å². The summed E-state index contributed by atoms with van der Waals surface area (Å²) < 4.78 is 0.